The van der Waals surface area contributed by atoms with Crippen LogP contribution in [0.4, 0.5) is 41.0 Å². The molecule has 11 nitrogen and oxygen atoms in total. The quantitative estimate of drug-likeness (QED) is 0.160. The van der Waals surface area contributed by atoms with Crippen molar-refractivity contribution < 1.29 is 22.7 Å². The summed E-state index contributed by atoms with van der Waals surface area (Å²) in [6.07, 6.45) is 0.270. The number of alkyl halides is 3. The second-order valence-corrected chi connectivity index (χ2v) is 11.5. The summed E-state index contributed by atoms with van der Waals surface area (Å²) in [6.45, 7) is 1.29. The first-order valence-corrected chi connectivity index (χ1v) is 15.3. The standard InChI is InChI=1S/C34H34F3N9O2/c1-38-32-41-20-40-30(44-32)25-11-6-16-39-31(25)48-29-15-13-26(23-9-4-5-10-24(23)29)42-33(47)43-27-18-21(34(35,36)37)12-14-28(27)46-17-7-8-22(19-46)45(2)3/h4-6,9-16,18,20,22H,7-8,17,19H2,1-3H3,(H2,42,43,47)(H,38,40,41,44)/t22-/m0/s1. The van der Waals surface area contributed by atoms with Crippen molar-refractivity contribution in [3.63, 3.8) is 0 Å². The number of urea groups is 1. The molecule has 1 aliphatic heterocycles. The molecule has 1 saturated heterocycles. The molecule has 2 aromatic heterocycles. The van der Waals surface area contributed by atoms with Crippen molar-refractivity contribution in [2.75, 3.05) is 55.1 Å². The van der Waals surface area contributed by atoms with Crippen molar-refractivity contribution in [2.24, 2.45) is 0 Å². The minimum atomic E-state index is -4.57. The smallest absolute Gasteiger partial charge is 0.416 e. The molecule has 0 radical (unpaired) electrons. The second-order valence-electron chi connectivity index (χ2n) is 11.5. The van der Waals surface area contributed by atoms with Gasteiger partial charge in [-0.3, -0.25) is 0 Å². The zero-order valence-electron chi connectivity index (χ0n) is 26.5. The highest BCUT2D eigenvalue weighted by molar-refractivity contribution is 6.08. The summed E-state index contributed by atoms with van der Waals surface area (Å²) < 4.78 is 47.5. The summed E-state index contributed by atoms with van der Waals surface area (Å²) in [5.41, 5.74) is 0.748. The van der Waals surface area contributed by atoms with Crippen molar-refractivity contribution in [3.05, 3.63) is 84.8 Å². The number of ether oxygens (including phenoxy) is 1. The highest BCUT2D eigenvalue weighted by Gasteiger charge is 2.32. The summed E-state index contributed by atoms with van der Waals surface area (Å²) in [4.78, 5) is 34.7. The molecule has 0 bridgehead atoms. The summed E-state index contributed by atoms with van der Waals surface area (Å²) in [5, 5.41) is 9.72. The first kappa shape index (κ1) is 32.4. The molecule has 5 aromatic rings. The third-order valence-corrected chi connectivity index (χ3v) is 8.19. The Labute approximate surface area is 275 Å². The van der Waals surface area contributed by atoms with Gasteiger partial charge in [-0.25, -0.2) is 19.7 Å². The molecule has 3 heterocycles. The molecule has 3 N–H and O–H groups in total. The minimum absolute atomic E-state index is 0.0773. The van der Waals surface area contributed by atoms with Crippen LogP contribution < -0.4 is 25.6 Å². The van der Waals surface area contributed by atoms with E-state index in [9.17, 15) is 18.0 Å². The summed E-state index contributed by atoms with van der Waals surface area (Å²) in [6, 6.07) is 17.2. The van der Waals surface area contributed by atoms with Crippen LogP contribution >= 0.6 is 0 Å². The fraction of sp³-hybridized carbons (Fsp3) is 0.265. The van der Waals surface area contributed by atoms with E-state index in [1.165, 1.54) is 12.4 Å². The van der Waals surface area contributed by atoms with Gasteiger partial charge in [0, 0.05) is 43.1 Å². The van der Waals surface area contributed by atoms with Crippen LogP contribution in [0.5, 0.6) is 11.6 Å². The fourth-order valence-corrected chi connectivity index (χ4v) is 5.72. The van der Waals surface area contributed by atoms with E-state index in [1.807, 2.05) is 43.3 Å². The number of halogens is 3. The molecule has 248 valence electrons. The number of amides is 2. The van der Waals surface area contributed by atoms with E-state index in [0.29, 0.717) is 58.3 Å². The Kier molecular flexibility index (Phi) is 9.26. The van der Waals surface area contributed by atoms with E-state index in [4.69, 9.17) is 4.74 Å². The van der Waals surface area contributed by atoms with Gasteiger partial charge < -0.3 is 30.5 Å². The number of nitrogens with one attached hydrogen (secondary N) is 3. The zero-order chi connectivity index (χ0) is 33.8. The lowest BCUT2D eigenvalue weighted by Crippen LogP contribution is -2.45. The van der Waals surface area contributed by atoms with E-state index in [1.54, 1.807) is 37.5 Å². The van der Waals surface area contributed by atoms with Crippen molar-refractivity contribution in [1.82, 2.24) is 24.8 Å². The Bertz CT molecular complexity index is 1940. The average Bonchev–Trinajstić information content (AvgIpc) is 3.09. The molecule has 0 spiro atoms. The maximum atomic E-state index is 13.7. The van der Waals surface area contributed by atoms with Crippen LogP contribution in [-0.2, 0) is 6.18 Å². The van der Waals surface area contributed by atoms with E-state index in [2.05, 4.69) is 40.8 Å². The molecular weight excluding hydrogens is 623 g/mol. The number of likely N-dealkylation sites (N-methyl/N-ethyl adjacent to an activating group) is 1. The predicted octanol–water partition coefficient (Wildman–Crippen LogP) is 7.11. The van der Waals surface area contributed by atoms with E-state index >= 15 is 0 Å². The van der Waals surface area contributed by atoms with Crippen LogP contribution in [0.1, 0.15) is 18.4 Å². The van der Waals surface area contributed by atoms with E-state index in [-0.39, 0.29) is 17.6 Å². The molecule has 0 unspecified atom stereocenters. The van der Waals surface area contributed by atoms with Crippen LogP contribution in [0.25, 0.3) is 22.2 Å². The van der Waals surface area contributed by atoms with Crippen molar-refractivity contribution >= 4 is 39.8 Å². The number of hydrogen-bond donors (Lipinski definition) is 3. The SMILES string of the molecule is CNc1ncnc(-c2cccnc2Oc2ccc(NC(=O)Nc3cc(C(F)(F)F)ccc3N3CCC[C@H](N(C)C)C3)c3ccccc23)n1. The van der Waals surface area contributed by atoms with Gasteiger partial charge in [-0.1, -0.05) is 24.3 Å². The Morgan fingerprint density at radius 2 is 1.75 bits per heavy atom. The number of aromatic nitrogens is 4. The van der Waals surface area contributed by atoms with Gasteiger partial charge in [0.1, 0.15) is 12.1 Å². The van der Waals surface area contributed by atoms with Crippen molar-refractivity contribution in [1.29, 1.82) is 0 Å². The van der Waals surface area contributed by atoms with Gasteiger partial charge in [-0.05, 0) is 69.4 Å². The van der Waals surface area contributed by atoms with Crippen LogP contribution in [0.3, 0.4) is 0 Å². The van der Waals surface area contributed by atoms with Gasteiger partial charge in [-0.15, -0.1) is 0 Å². The van der Waals surface area contributed by atoms with Crippen LogP contribution in [-0.4, -0.2) is 71.1 Å². The number of fused-ring (bicyclic) bond motifs is 1. The van der Waals surface area contributed by atoms with Gasteiger partial charge >= 0.3 is 12.2 Å². The Morgan fingerprint density at radius 1 is 0.958 bits per heavy atom. The first-order chi connectivity index (χ1) is 23.1. The van der Waals surface area contributed by atoms with Gasteiger partial charge in [0.2, 0.25) is 11.8 Å². The highest BCUT2D eigenvalue weighted by atomic mass is 19.4. The van der Waals surface area contributed by atoms with Gasteiger partial charge in [0.25, 0.3) is 0 Å². The summed E-state index contributed by atoms with van der Waals surface area (Å²) in [5.74, 6) is 1.48. The Morgan fingerprint density at radius 3 is 2.52 bits per heavy atom. The highest BCUT2D eigenvalue weighted by Crippen LogP contribution is 2.39. The molecular formula is C34H34F3N9O2. The molecule has 1 fully saturated rings. The van der Waals surface area contributed by atoms with Crippen molar-refractivity contribution in [3.8, 4) is 23.0 Å². The third-order valence-electron chi connectivity index (χ3n) is 8.19. The lowest BCUT2D eigenvalue weighted by Gasteiger charge is -2.38. The van der Waals surface area contributed by atoms with Crippen LogP contribution in [0.15, 0.2) is 79.3 Å². The minimum Gasteiger partial charge on any atom is -0.438 e. The van der Waals surface area contributed by atoms with Gasteiger partial charge in [0.05, 0.1) is 28.2 Å². The Balaban J connectivity index is 1.28. The number of carbonyl (C=O) groups excluding carboxylic acids is 1. The average molecular weight is 658 g/mol. The molecule has 1 aliphatic rings. The number of hydrogen-bond acceptors (Lipinski definition) is 9. The maximum absolute atomic E-state index is 13.7. The number of anilines is 4. The lowest BCUT2D eigenvalue weighted by atomic mass is 10.0. The molecule has 3 aromatic carbocycles. The number of rotatable bonds is 8. The first-order valence-electron chi connectivity index (χ1n) is 15.3. The van der Waals surface area contributed by atoms with Gasteiger partial charge in [0.15, 0.2) is 5.82 Å². The largest absolute Gasteiger partial charge is 0.438 e. The van der Waals surface area contributed by atoms with Crippen LogP contribution in [0, 0.1) is 0 Å². The number of pyridine rings is 1. The van der Waals surface area contributed by atoms with Crippen molar-refractivity contribution in [2.45, 2.75) is 25.1 Å². The number of nitrogens with zero attached hydrogens (tertiary/aromatic N) is 6. The lowest BCUT2D eigenvalue weighted by molar-refractivity contribution is -0.137. The Hall–Kier alpha value is -5.50. The van der Waals surface area contributed by atoms with Crippen LogP contribution in [0.2, 0.25) is 0 Å². The zero-order valence-corrected chi connectivity index (χ0v) is 26.5. The monoisotopic (exact) mass is 657 g/mol. The fourth-order valence-electron chi connectivity index (χ4n) is 5.72. The molecule has 2 amide bonds. The van der Waals surface area contributed by atoms with E-state index in [0.717, 1.165) is 25.0 Å². The molecule has 1 atom stereocenters. The number of carbonyl (C=O) groups is 1. The molecule has 0 aliphatic carbocycles. The topological polar surface area (TPSA) is 120 Å². The molecule has 48 heavy (non-hydrogen) atoms. The van der Waals surface area contributed by atoms with E-state index < -0.39 is 17.8 Å². The molecule has 6 rings (SSSR count). The summed E-state index contributed by atoms with van der Waals surface area (Å²) in [7, 11) is 5.67. The second kappa shape index (κ2) is 13.7. The molecule has 0 saturated carbocycles. The summed E-state index contributed by atoms with van der Waals surface area (Å²) >= 11 is 0. The maximum Gasteiger partial charge on any atom is 0.416 e. The number of piperidine rings is 1. The molecule has 14 heteroatoms. The number of benzene rings is 3. The normalized spacial score (nSPS) is 15.0. The third kappa shape index (κ3) is 7.08. The van der Waals surface area contributed by atoms with Gasteiger partial charge in [-0.2, -0.15) is 18.2 Å². The predicted molar refractivity (Wildman–Crippen MR) is 180 cm³/mol.